The minimum atomic E-state index is -0.746. The van der Waals surface area contributed by atoms with Crippen molar-refractivity contribution in [2.75, 3.05) is 6.61 Å². The van der Waals surface area contributed by atoms with Crippen molar-refractivity contribution in [1.29, 1.82) is 0 Å². The highest BCUT2D eigenvalue weighted by Crippen LogP contribution is 2.16. The Morgan fingerprint density at radius 1 is 1.06 bits per heavy atom. The van der Waals surface area contributed by atoms with Crippen LogP contribution < -0.4 is 10.1 Å². The maximum atomic E-state index is 13.7. The van der Waals surface area contributed by atoms with Crippen LogP contribution >= 0.6 is 0 Å². The van der Waals surface area contributed by atoms with Gasteiger partial charge in [0.2, 0.25) is 5.88 Å². The van der Waals surface area contributed by atoms with E-state index in [0.29, 0.717) is 12.5 Å². The molecular formula is C26H35FN2O2. The molecule has 1 aromatic heterocycles. The summed E-state index contributed by atoms with van der Waals surface area (Å²) < 4.78 is 19.5. The number of hydrogen-bond acceptors (Lipinski definition) is 3. The number of pyridine rings is 1. The maximum absolute atomic E-state index is 13.7. The summed E-state index contributed by atoms with van der Waals surface area (Å²) in [6.45, 7) is 6.52. The van der Waals surface area contributed by atoms with Crippen LogP contribution in [-0.2, 0) is 4.79 Å². The SMILES string of the molecule is CC(C)C(C)NC(=O)/C(F)=C/C=C/CCCCCCCOc1ccc2ccccc2n1. The molecule has 0 spiro atoms. The van der Waals surface area contributed by atoms with Gasteiger partial charge in [0.05, 0.1) is 12.1 Å². The number of amides is 1. The zero-order valence-corrected chi connectivity index (χ0v) is 18.9. The zero-order chi connectivity index (χ0) is 22.5. The van der Waals surface area contributed by atoms with E-state index in [0.717, 1.165) is 49.4 Å². The molecule has 1 unspecified atom stereocenters. The molecule has 2 rings (SSSR count). The van der Waals surface area contributed by atoms with Crippen LogP contribution in [0.3, 0.4) is 0 Å². The van der Waals surface area contributed by atoms with E-state index in [1.165, 1.54) is 6.08 Å². The van der Waals surface area contributed by atoms with Crippen LogP contribution in [-0.4, -0.2) is 23.5 Å². The van der Waals surface area contributed by atoms with Crippen molar-refractivity contribution in [3.8, 4) is 5.88 Å². The van der Waals surface area contributed by atoms with Gasteiger partial charge in [-0.2, -0.15) is 0 Å². The smallest absolute Gasteiger partial charge is 0.280 e. The monoisotopic (exact) mass is 426 g/mol. The van der Waals surface area contributed by atoms with Crippen LogP contribution in [0.25, 0.3) is 10.9 Å². The first kappa shape index (κ1) is 24.6. The predicted molar refractivity (Wildman–Crippen MR) is 126 cm³/mol. The number of carbonyl (C=O) groups is 1. The third-order valence-electron chi connectivity index (χ3n) is 5.29. The number of rotatable bonds is 13. The lowest BCUT2D eigenvalue weighted by molar-refractivity contribution is -0.119. The molecule has 1 heterocycles. The quantitative estimate of drug-likeness (QED) is 0.225. The molecule has 2 aromatic rings. The van der Waals surface area contributed by atoms with Crippen LogP contribution in [0.5, 0.6) is 5.88 Å². The molecule has 0 bridgehead atoms. The molecule has 1 aromatic carbocycles. The van der Waals surface area contributed by atoms with E-state index >= 15 is 0 Å². The molecule has 0 fully saturated rings. The number of benzene rings is 1. The summed E-state index contributed by atoms with van der Waals surface area (Å²) in [5.74, 6) is -0.442. The van der Waals surface area contributed by atoms with Gasteiger partial charge in [-0.05, 0) is 50.3 Å². The fourth-order valence-corrected chi connectivity index (χ4v) is 2.97. The normalized spacial score (nSPS) is 13.1. The first-order valence-electron chi connectivity index (χ1n) is 11.3. The summed E-state index contributed by atoms with van der Waals surface area (Å²) in [7, 11) is 0. The van der Waals surface area contributed by atoms with E-state index in [9.17, 15) is 9.18 Å². The molecule has 31 heavy (non-hydrogen) atoms. The first-order valence-corrected chi connectivity index (χ1v) is 11.3. The lowest BCUT2D eigenvalue weighted by Crippen LogP contribution is -2.36. The number of para-hydroxylation sites is 1. The van der Waals surface area contributed by atoms with Gasteiger partial charge in [0.25, 0.3) is 5.91 Å². The highest BCUT2D eigenvalue weighted by atomic mass is 19.1. The predicted octanol–water partition coefficient (Wildman–Crippen LogP) is 6.52. The largest absolute Gasteiger partial charge is 0.478 e. The van der Waals surface area contributed by atoms with Crippen LogP contribution in [0.1, 0.15) is 59.3 Å². The summed E-state index contributed by atoms with van der Waals surface area (Å²) in [4.78, 5) is 16.2. The molecular weight excluding hydrogens is 391 g/mol. The average Bonchev–Trinajstić information content (AvgIpc) is 2.76. The second kappa shape index (κ2) is 13.6. The molecule has 0 aliphatic carbocycles. The van der Waals surface area contributed by atoms with E-state index in [-0.39, 0.29) is 12.0 Å². The van der Waals surface area contributed by atoms with Crippen LogP contribution in [0.4, 0.5) is 4.39 Å². The number of nitrogens with one attached hydrogen (secondary N) is 1. The number of hydrogen-bond donors (Lipinski definition) is 1. The second-order valence-electron chi connectivity index (χ2n) is 8.20. The number of halogens is 1. The van der Waals surface area contributed by atoms with Gasteiger partial charge < -0.3 is 10.1 Å². The molecule has 1 N–H and O–H groups in total. The summed E-state index contributed by atoms with van der Waals surface area (Å²) in [5.41, 5.74) is 0.952. The van der Waals surface area contributed by atoms with E-state index < -0.39 is 11.7 Å². The highest BCUT2D eigenvalue weighted by Gasteiger charge is 2.13. The Hall–Kier alpha value is -2.69. The third-order valence-corrected chi connectivity index (χ3v) is 5.29. The van der Waals surface area contributed by atoms with Gasteiger partial charge in [-0.25, -0.2) is 9.37 Å². The number of unbranched alkanes of at least 4 members (excludes halogenated alkanes) is 5. The van der Waals surface area contributed by atoms with Crippen molar-refractivity contribution in [2.24, 2.45) is 5.92 Å². The van der Waals surface area contributed by atoms with Crippen molar-refractivity contribution < 1.29 is 13.9 Å². The lowest BCUT2D eigenvalue weighted by Gasteiger charge is -2.16. The number of ether oxygens (including phenoxy) is 1. The number of nitrogens with zero attached hydrogens (tertiary/aromatic N) is 1. The Morgan fingerprint density at radius 2 is 1.81 bits per heavy atom. The lowest BCUT2D eigenvalue weighted by atomic mass is 10.1. The van der Waals surface area contributed by atoms with Gasteiger partial charge in [-0.15, -0.1) is 0 Å². The van der Waals surface area contributed by atoms with Crippen molar-refractivity contribution >= 4 is 16.8 Å². The van der Waals surface area contributed by atoms with Gasteiger partial charge in [0.15, 0.2) is 5.83 Å². The molecule has 4 nitrogen and oxygen atoms in total. The second-order valence-corrected chi connectivity index (χ2v) is 8.20. The van der Waals surface area contributed by atoms with Crippen molar-refractivity contribution in [3.63, 3.8) is 0 Å². The standard InChI is InChI=1S/C26H35FN2O2/c1-20(2)21(3)28-26(30)23(27)15-10-8-6-4-5-7-9-13-19-31-25-18-17-22-14-11-12-16-24(22)29-25/h8,10-12,14-18,20-21H,4-7,9,13,19H2,1-3H3,(H,28,30)/b10-8+,23-15-. The molecule has 0 saturated carbocycles. The van der Waals surface area contributed by atoms with Gasteiger partial charge in [0.1, 0.15) is 0 Å². The van der Waals surface area contributed by atoms with Crippen LogP contribution in [0.2, 0.25) is 0 Å². The Labute approximate surface area is 185 Å². The van der Waals surface area contributed by atoms with Crippen molar-refractivity contribution in [2.45, 2.75) is 65.3 Å². The van der Waals surface area contributed by atoms with Crippen LogP contribution in [0.15, 0.2) is 60.5 Å². The zero-order valence-electron chi connectivity index (χ0n) is 18.9. The summed E-state index contributed by atoms with van der Waals surface area (Å²) in [6.07, 6.45) is 11.1. The van der Waals surface area contributed by atoms with Crippen molar-refractivity contribution in [3.05, 3.63) is 60.5 Å². The van der Waals surface area contributed by atoms with Crippen molar-refractivity contribution in [1.82, 2.24) is 10.3 Å². The van der Waals surface area contributed by atoms with Gasteiger partial charge >= 0.3 is 0 Å². The molecule has 0 radical (unpaired) electrons. The number of allylic oxidation sites excluding steroid dienone is 3. The third kappa shape index (κ3) is 9.33. The molecule has 1 atom stereocenters. The Kier molecular flexibility index (Phi) is 10.8. The first-order chi connectivity index (χ1) is 15.0. The van der Waals surface area contributed by atoms with E-state index in [2.05, 4.69) is 10.3 Å². The van der Waals surface area contributed by atoms with Gasteiger partial charge in [0, 0.05) is 17.5 Å². The van der Waals surface area contributed by atoms with Crippen LogP contribution in [0, 0.1) is 5.92 Å². The summed E-state index contributed by atoms with van der Waals surface area (Å²) >= 11 is 0. The van der Waals surface area contributed by atoms with E-state index in [1.54, 1.807) is 6.08 Å². The summed E-state index contributed by atoms with van der Waals surface area (Å²) in [5, 5.41) is 3.77. The number of aromatic nitrogens is 1. The Bertz CT molecular complexity index is 877. The fraction of sp³-hybridized carbons (Fsp3) is 0.462. The molecule has 168 valence electrons. The Balaban J connectivity index is 1.51. The van der Waals surface area contributed by atoms with Gasteiger partial charge in [-0.3, -0.25) is 4.79 Å². The molecule has 0 saturated heterocycles. The minimum Gasteiger partial charge on any atom is -0.478 e. The minimum absolute atomic E-state index is 0.0510. The number of carbonyl (C=O) groups excluding carboxylic acids is 1. The Morgan fingerprint density at radius 3 is 2.61 bits per heavy atom. The molecule has 0 aliphatic heterocycles. The molecule has 1 amide bonds. The van der Waals surface area contributed by atoms with E-state index in [1.807, 2.05) is 63.2 Å². The molecule has 0 aliphatic rings. The van der Waals surface area contributed by atoms with E-state index in [4.69, 9.17) is 4.74 Å². The molecule has 5 heteroatoms. The average molecular weight is 427 g/mol. The highest BCUT2D eigenvalue weighted by molar-refractivity contribution is 5.91. The number of fused-ring (bicyclic) bond motifs is 1. The van der Waals surface area contributed by atoms with Gasteiger partial charge in [-0.1, -0.05) is 63.5 Å². The topological polar surface area (TPSA) is 51.2 Å². The summed E-state index contributed by atoms with van der Waals surface area (Å²) in [6, 6.07) is 11.9. The fourth-order valence-electron chi connectivity index (χ4n) is 2.97. The maximum Gasteiger partial charge on any atom is 0.280 e.